The summed E-state index contributed by atoms with van der Waals surface area (Å²) in [6.07, 6.45) is 7.84. The maximum Gasteiger partial charge on any atom is 0.178 e. The van der Waals surface area contributed by atoms with Crippen LogP contribution in [0.3, 0.4) is 0 Å². The summed E-state index contributed by atoms with van der Waals surface area (Å²) in [5.41, 5.74) is 16.5. The summed E-state index contributed by atoms with van der Waals surface area (Å²) in [7, 11) is 0. The van der Waals surface area contributed by atoms with Crippen LogP contribution in [0.15, 0.2) is 218 Å². The highest BCUT2D eigenvalue weighted by Crippen LogP contribution is 2.66. The number of nitrogens with zero attached hydrogens (tertiary/aromatic N) is 1. The summed E-state index contributed by atoms with van der Waals surface area (Å²) in [4.78, 5) is 2.47. The van der Waals surface area contributed by atoms with Gasteiger partial charge in [-0.25, -0.2) is 0 Å². The number of hydrogen-bond acceptors (Lipinski definition) is 4. The van der Waals surface area contributed by atoms with Gasteiger partial charge in [0.05, 0.1) is 11.5 Å². The average molecular weight is 850 g/mol. The van der Waals surface area contributed by atoms with Crippen molar-refractivity contribution in [3.8, 4) is 56.4 Å². The molecule has 306 valence electrons. The Morgan fingerprint density at radius 3 is 1.91 bits per heavy atom. The molecule has 0 saturated carbocycles. The molecule has 1 atom stereocenters. The van der Waals surface area contributed by atoms with Crippen molar-refractivity contribution >= 4 is 48.5 Å². The first-order valence-corrected chi connectivity index (χ1v) is 23.2. The highest BCUT2D eigenvalue weighted by atomic mass is 32.1. The van der Waals surface area contributed by atoms with Crippen LogP contribution in [0.5, 0.6) is 23.0 Å². The highest BCUT2D eigenvalue weighted by molar-refractivity contribution is 7.25. The van der Waals surface area contributed by atoms with Crippen molar-refractivity contribution in [2.75, 3.05) is 4.90 Å². The smallest absolute Gasteiger partial charge is 0.178 e. The van der Waals surface area contributed by atoms with Crippen molar-refractivity contribution < 1.29 is 9.47 Å². The van der Waals surface area contributed by atoms with Crippen molar-refractivity contribution in [1.82, 2.24) is 0 Å². The lowest BCUT2D eigenvalue weighted by Gasteiger charge is -2.34. The fraction of sp³-hybridized carbons (Fsp3) is 0.0492. The van der Waals surface area contributed by atoms with E-state index >= 15 is 0 Å². The molecule has 0 bridgehead atoms. The van der Waals surface area contributed by atoms with Crippen molar-refractivity contribution in [2.24, 2.45) is 0 Å². The second-order valence-corrected chi connectivity index (χ2v) is 18.5. The summed E-state index contributed by atoms with van der Waals surface area (Å²) in [6.45, 7) is 0. The van der Waals surface area contributed by atoms with Crippen LogP contribution in [-0.2, 0) is 5.41 Å². The largest absolute Gasteiger partial charge is 0.449 e. The number of fused-ring (bicyclic) bond motifs is 16. The van der Waals surface area contributed by atoms with E-state index in [4.69, 9.17) is 9.47 Å². The molecule has 10 aromatic rings. The molecule has 3 aliphatic carbocycles. The minimum atomic E-state index is -0.454. The molecule has 1 spiro atoms. The van der Waals surface area contributed by atoms with Crippen LogP contribution < -0.4 is 14.4 Å². The molecule has 2 heterocycles. The van der Waals surface area contributed by atoms with E-state index in [1.54, 1.807) is 0 Å². The number of anilines is 2. The molecule has 4 aliphatic rings. The zero-order chi connectivity index (χ0) is 42.6. The minimum Gasteiger partial charge on any atom is -0.449 e. The van der Waals surface area contributed by atoms with E-state index in [2.05, 4.69) is 223 Å². The predicted octanol–water partition coefficient (Wildman–Crippen LogP) is 16.5. The fourth-order valence-corrected chi connectivity index (χ4v) is 12.5. The van der Waals surface area contributed by atoms with Crippen LogP contribution in [0.25, 0.3) is 59.1 Å². The summed E-state index contributed by atoms with van der Waals surface area (Å²) >= 11 is 1.86. The monoisotopic (exact) mass is 849 g/mol. The highest BCUT2D eigenvalue weighted by Gasteiger charge is 2.53. The zero-order valence-electron chi connectivity index (χ0n) is 35.2. The maximum absolute atomic E-state index is 7.11. The van der Waals surface area contributed by atoms with Crippen molar-refractivity contribution in [1.29, 1.82) is 0 Å². The van der Waals surface area contributed by atoms with E-state index in [1.807, 2.05) is 11.3 Å². The molecular weight excluding hydrogens is 811 g/mol. The van der Waals surface area contributed by atoms with Gasteiger partial charge in [-0.1, -0.05) is 164 Å². The quantitative estimate of drug-likeness (QED) is 0.172. The number of para-hydroxylation sites is 1. The maximum atomic E-state index is 7.11. The SMILES string of the molecule is C1=CC(c2ccc3c(c2)Oc2c(ccc4c2-c2ccccc2C42c4ccccc4-c4ccccc42)O3)=CC(N(c2ccccc2)c2ccc(-c3cccc4sc5ccccc5c34)cc2)C1. The molecular formula is C61H39NO2S. The number of benzene rings is 9. The Labute approximate surface area is 381 Å². The molecule has 65 heavy (non-hydrogen) atoms. The number of rotatable bonds is 5. The van der Waals surface area contributed by atoms with Crippen LogP contribution in [0.4, 0.5) is 11.4 Å². The second-order valence-electron chi connectivity index (χ2n) is 17.4. The summed E-state index contributed by atoms with van der Waals surface area (Å²) in [5, 5.41) is 2.65. The van der Waals surface area contributed by atoms with Crippen LogP contribution in [-0.4, -0.2) is 6.04 Å². The van der Waals surface area contributed by atoms with Gasteiger partial charge in [0, 0.05) is 37.1 Å². The molecule has 1 aromatic heterocycles. The molecule has 4 heteroatoms. The van der Waals surface area contributed by atoms with Gasteiger partial charge in [-0.05, 0) is 122 Å². The molecule has 9 aromatic carbocycles. The Balaban J connectivity index is 0.832. The van der Waals surface area contributed by atoms with Gasteiger partial charge in [-0.2, -0.15) is 0 Å². The Morgan fingerprint density at radius 1 is 0.477 bits per heavy atom. The summed E-state index contributed by atoms with van der Waals surface area (Å²) in [5.74, 6) is 2.94. The summed E-state index contributed by atoms with van der Waals surface area (Å²) in [6, 6.07) is 72.8. The van der Waals surface area contributed by atoms with E-state index in [0.29, 0.717) is 5.75 Å². The lowest BCUT2D eigenvalue weighted by atomic mass is 9.70. The molecule has 0 amide bonds. The molecule has 0 fully saturated rings. The topological polar surface area (TPSA) is 21.7 Å². The lowest BCUT2D eigenvalue weighted by molar-refractivity contribution is 0.360. The van der Waals surface area contributed by atoms with E-state index in [9.17, 15) is 0 Å². The van der Waals surface area contributed by atoms with Crippen LogP contribution in [0.2, 0.25) is 0 Å². The summed E-state index contributed by atoms with van der Waals surface area (Å²) < 4.78 is 16.5. The Kier molecular flexibility index (Phi) is 7.90. The van der Waals surface area contributed by atoms with Gasteiger partial charge in [0.2, 0.25) is 0 Å². The number of hydrogen-bond donors (Lipinski definition) is 0. The third-order valence-corrected chi connectivity index (χ3v) is 15.2. The first kappa shape index (κ1) is 36.6. The second kappa shape index (κ2) is 14.0. The lowest BCUT2D eigenvalue weighted by Crippen LogP contribution is -2.30. The molecule has 1 unspecified atom stereocenters. The van der Waals surface area contributed by atoms with E-state index in [0.717, 1.165) is 51.7 Å². The normalized spacial score (nSPS) is 15.6. The number of thiophene rings is 1. The Bertz CT molecular complexity index is 3610. The molecule has 0 saturated heterocycles. The van der Waals surface area contributed by atoms with Gasteiger partial charge in [0.15, 0.2) is 23.0 Å². The molecule has 14 rings (SSSR count). The van der Waals surface area contributed by atoms with Crippen LogP contribution in [0, 0.1) is 0 Å². The standard InChI is InChI=1S/C61H39NO2S/c1-2-15-41(16-3-1)62(42-31-28-38(29-32-42)44-22-13-27-57-58(44)48-21-7-11-26-56(48)65-57)43-17-12-14-39(36-43)40-30-34-53-55(37-40)64-60-54(63-53)35-33-52-59(60)47-20-6-10-25-51(47)61(52)49-23-8-4-18-45(49)46-19-5-9-24-50(46)61/h1-16,18-37,43H,17H2. The zero-order valence-corrected chi connectivity index (χ0v) is 36.1. The van der Waals surface area contributed by atoms with Crippen molar-refractivity contribution in [3.63, 3.8) is 0 Å². The van der Waals surface area contributed by atoms with E-state index in [1.165, 1.54) is 70.2 Å². The number of allylic oxidation sites excluding steroid dienone is 2. The van der Waals surface area contributed by atoms with Crippen LogP contribution >= 0.6 is 11.3 Å². The number of ether oxygens (including phenoxy) is 2. The predicted molar refractivity (Wildman–Crippen MR) is 268 cm³/mol. The third kappa shape index (κ3) is 5.29. The molecule has 0 N–H and O–H groups in total. The first-order valence-electron chi connectivity index (χ1n) is 22.4. The molecule has 0 radical (unpaired) electrons. The molecule has 1 aliphatic heterocycles. The Morgan fingerprint density at radius 2 is 1.11 bits per heavy atom. The fourth-order valence-electron chi connectivity index (χ4n) is 11.4. The van der Waals surface area contributed by atoms with Crippen molar-refractivity contribution in [2.45, 2.75) is 17.9 Å². The van der Waals surface area contributed by atoms with Crippen molar-refractivity contribution in [3.05, 3.63) is 246 Å². The van der Waals surface area contributed by atoms with Gasteiger partial charge in [-0.3, -0.25) is 0 Å². The first-order chi connectivity index (χ1) is 32.2. The van der Waals surface area contributed by atoms with Gasteiger partial charge in [0.25, 0.3) is 0 Å². The third-order valence-electron chi connectivity index (χ3n) is 14.1. The van der Waals surface area contributed by atoms with Gasteiger partial charge >= 0.3 is 0 Å². The van der Waals surface area contributed by atoms with Crippen LogP contribution in [0.1, 0.15) is 34.2 Å². The Hall–Kier alpha value is -7.92. The van der Waals surface area contributed by atoms with E-state index < -0.39 is 5.41 Å². The minimum absolute atomic E-state index is 0.0783. The van der Waals surface area contributed by atoms with E-state index in [-0.39, 0.29) is 6.04 Å². The average Bonchev–Trinajstić information content (AvgIpc) is 4.01. The van der Waals surface area contributed by atoms with Gasteiger partial charge in [0.1, 0.15) is 0 Å². The molecule has 3 nitrogen and oxygen atoms in total. The van der Waals surface area contributed by atoms with Gasteiger partial charge in [-0.15, -0.1) is 11.3 Å². The van der Waals surface area contributed by atoms with Gasteiger partial charge < -0.3 is 14.4 Å².